The van der Waals surface area contributed by atoms with Gasteiger partial charge in [0.15, 0.2) is 0 Å². The van der Waals surface area contributed by atoms with Crippen molar-refractivity contribution >= 4 is 29.4 Å². The van der Waals surface area contributed by atoms with Crippen molar-refractivity contribution in [2.45, 2.75) is 50.8 Å². The smallest absolute Gasteiger partial charge is 0.337 e. The molecule has 1 aromatic rings. The van der Waals surface area contributed by atoms with E-state index in [1.807, 2.05) is 0 Å². The highest BCUT2D eigenvalue weighted by molar-refractivity contribution is 7.99. The van der Waals surface area contributed by atoms with Crippen LogP contribution in [0.3, 0.4) is 0 Å². The van der Waals surface area contributed by atoms with Gasteiger partial charge in [0.1, 0.15) is 5.69 Å². The Labute approximate surface area is 159 Å². The van der Waals surface area contributed by atoms with Crippen LogP contribution in [0.15, 0.2) is 28.3 Å². The predicted molar refractivity (Wildman–Crippen MR) is 103 cm³/mol. The first kappa shape index (κ1) is 22.2. The van der Waals surface area contributed by atoms with Crippen molar-refractivity contribution in [2.24, 2.45) is 11.1 Å². The highest BCUT2D eigenvalue weighted by Crippen LogP contribution is 2.31. The molecule has 7 heteroatoms. The number of esters is 2. The summed E-state index contributed by atoms with van der Waals surface area (Å²) < 4.78 is 10.0. The summed E-state index contributed by atoms with van der Waals surface area (Å²) in [5.74, 6) is 0.116. The highest BCUT2D eigenvalue weighted by atomic mass is 32.2. The number of nitroso groups, excluding NO2 is 1. The van der Waals surface area contributed by atoms with Gasteiger partial charge >= 0.3 is 11.9 Å². The second-order valence-corrected chi connectivity index (χ2v) is 7.10. The second kappa shape index (κ2) is 12.5. The van der Waals surface area contributed by atoms with Gasteiger partial charge in [-0.25, -0.2) is 4.79 Å². The minimum absolute atomic E-state index is 0.232. The van der Waals surface area contributed by atoms with Gasteiger partial charge in [-0.3, -0.25) is 4.79 Å². The lowest BCUT2D eigenvalue weighted by Gasteiger charge is -2.14. The maximum Gasteiger partial charge on any atom is 0.337 e. The molecule has 0 spiro atoms. The average molecular weight is 381 g/mol. The third kappa shape index (κ3) is 7.56. The van der Waals surface area contributed by atoms with Crippen LogP contribution in [0.2, 0.25) is 0 Å². The van der Waals surface area contributed by atoms with Crippen LogP contribution in [0.4, 0.5) is 5.69 Å². The van der Waals surface area contributed by atoms with Gasteiger partial charge in [0, 0.05) is 10.6 Å². The minimum Gasteiger partial charge on any atom is -0.465 e. The molecule has 6 nitrogen and oxygen atoms in total. The van der Waals surface area contributed by atoms with Gasteiger partial charge in [-0.05, 0) is 35.7 Å². The summed E-state index contributed by atoms with van der Waals surface area (Å²) in [4.78, 5) is 34.9. The number of methoxy groups -OCH3 is 1. The van der Waals surface area contributed by atoms with Gasteiger partial charge < -0.3 is 9.47 Å². The number of benzene rings is 1. The number of hydrogen-bond acceptors (Lipinski definition) is 7. The van der Waals surface area contributed by atoms with Crippen LogP contribution < -0.4 is 0 Å². The molecule has 1 atom stereocenters. The van der Waals surface area contributed by atoms with E-state index in [-0.39, 0.29) is 18.1 Å². The molecule has 0 heterocycles. The average Bonchev–Trinajstić information content (AvgIpc) is 2.67. The largest absolute Gasteiger partial charge is 0.465 e. The van der Waals surface area contributed by atoms with Crippen LogP contribution >= 0.6 is 11.8 Å². The van der Waals surface area contributed by atoms with Gasteiger partial charge in [-0.15, -0.1) is 16.7 Å². The molecule has 0 saturated carbocycles. The monoisotopic (exact) mass is 381 g/mol. The zero-order valence-electron chi connectivity index (χ0n) is 15.7. The van der Waals surface area contributed by atoms with Crippen molar-refractivity contribution in [1.82, 2.24) is 0 Å². The first-order chi connectivity index (χ1) is 12.5. The number of unbranched alkanes of at least 4 members (excludes halogenated alkanes) is 1. The van der Waals surface area contributed by atoms with Crippen molar-refractivity contribution < 1.29 is 19.1 Å². The van der Waals surface area contributed by atoms with Crippen molar-refractivity contribution in [3.8, 4) is 0 Å². The molecule has 0 aromatic heterocycles. The summed E-state index contributed by atoms with van der Waals surface area (Å²) in [7, 11) is 1.29. The zero-order chi connectivity index (χ0) is 19.4. The van der Waals surface area contributed by atoms with Crippen molar-refractivity contribution in [3.63, 3.8) is 0 Å². The number of thioether (sulfide) groups is 1. The van der Waals surface area contributed by atoms with Crippen molar-refractivity contribution in [3.05, 3.63) is 28.7 Å². The van der Waals surface area contributed by atoms with E-state index in [0.717, 1.165) is 25.7 Å². The first-order valence-corrected chi connectivity index (χ1v) is 9.88. The molecule has 0 amide bonds. The third-order valence-electron chi connectivity index (χ3n) is 4.07. The lowest BCUT2D eigenvalue weighted by molar-refractivity contribution is -0.144. The molecule has 1 rings (SSSR count). The maximum atomic E-state index is 11.9. The predicted octanol–water partition coefficient (Wildman–Crippen LogP) is 5.11. The van der Waals surface area contributed by atoms with E-state index in [0.29, 0.717) is 28.7 Å². The second-order valence-electron chi connectivity index (χ2n) is 5.96. The van der Waals surface area contributed by atoms with Crippen LogP contribution in [-0.4, -0.2) is 31.4 Å². The van der Waals surface area contributed by atoms with Gasteiger partial charge in [0.2, 0.25) is 0 Å². The standard InChI is InChI=1S/C19H27NO5S/c1-4-6-7-14(5-2)13-25-18(21)10-11-26-17-12-15(19(22)24-3)8-9-16(17)20-23/h8-9,12,14H,4-7,10-11,13H2,1-3H3. The van der Waals surface area contributed by atoms with Gasteiger partial charge in [0.25, 0.3) is 0 Å². The molecular weight excluding hydrogens is 354 g/mol. The zero-order valence-corrected chi connectivity index (χ0v) is 16.5. The molecule has 0 fully saturated rings. The fourth-order valence-corrected chi connectivity index (χ4v) is 3.33. The van der Waals surface area contributed by atoms with Gasteiger partial charge in [0.05, 0.1) is 25.7 Å². The van der Waals surface area contributed by atoms with Crippen LogP contribution in [0.5, 0.6) is 0 Å². The molecule has 1 aromatic carbocycles. The molecule has 1 unspecified atom stereocenters. The van der Waals surface area contributed by atoms with E-state index < -0.39 is 5.97 Å². The molecule has 0 bridgehead atoms. The summed E-state index contributed by atoms with van der Waals surface area (Å²) in [6, 6.07) is 4.51. The number of ether oxygens (including phenoxy) is 2. The Morgan fingerprint density at radius 3 is 2.65 bits per heavy atom. The number of carbonyl (C=O) groups excluding carboxylic acids is 2. The number of rotatable bonds is 12. The van der Waals surface area contributed by atoms with Crippen molar-refractivity contribution in [1.29, 1.82) is 0 Å². The highest BCUT2D eigenvalue weighted by Gasteiger charge is 2.13. The lowest BCUT2D eigenvalue weighted by atomic mass is 10.0. The third-order valence-corrected chi connectivity index (χ3v) is 5.11. The summed E-state index contributed by atoms with van der Waals surface area (Å²) in [6.07, 6.45) is 4.58. The van der Waals surface area contributed by atoms with Crippen molar-refractivity contribution in [2.75, 3.05) is 19.5 Å². The van der Waals surface area contributed by atoms with E-state index in [4.69, 9.17) is 4.74 Å². The van der Waals surface area contributed by atoms with E-state index >= 15 is 0 Å². The summed E-state index contributed by atoms with van der Waals surface area (Å²) in [6.45, 7) is 4.71. The molecule has 0 aliphatic carbocycles. The fourth-order valence-electron chi connectivity index (χ4n) is 2.38. The molecule has 26 heavy (non-hydrogen) atoms. The van der Waals surface area contributed by atoms with Crippen LogP contribution in [-0.2, 0) is 14.3 Å². The quantitative estimate of drug-likeness (QED) is 0.284. The van der Waals surface area contributed by atoms with Crippen LogP contribution in [0.1, 0.15) is 56.3 Å². The topological polar surface area (TPSA) is 82.0 Å². The molecule has 0 saturated heterocycles. The lowest BCUT2D eigenvalue weighted by Crippen LogP contribution is -2.14. The Morgan fingerprint density at radius 2 is 2.04 bits per heavy atom. The molecule has 0 aliphatic heterocycles. The van der Waals surface area contributed by atoms with Gasteiger partial charge in [-0.2, -0.15) is 0 Å². The summed E-state index contributed by atoms with van der Waals surface area (Å²) in [5.41, 5.74) is 0.577. The van der Waals surface area contributed by atoms with Crippen LogP contribution in [0.25, 0.3) is 0 Å². The maximum absolute atomic E-state index is 11.9. The minimum atomic E-state index is -0.485. The molecular formula is C19H27NO5S. The Bertz CT molecular complexity index is 606. The molecule has 0 N–H and O–H groups in total. The van der Waals surface area contributed by atoms with E-state index in [1.54, 1.807) is 6.07 Å². The Kier molecular flexibility index (Phi) is 10.6. The van der Waals surface area contributed by atoms with E-state index in [2.05, 4.69) is 23.8 Å². The summed E-state index contributed by atoms with van der Waals surface area (Å²) in [5, 5.41) is 2.95. The van der Waals surface area contributed by atoms with E-state index in [1.165, 1.54) is 31.0 Å². The fraction of sp³-hybridized carbons (Fsp3) is 0.579. The van der Waals surface area contributed by atoms with Gasteiger partial charge in [-0.1, -0.05) is 33.1 Å². The SMILES string of the molecule is CCCCC(CC)COC(=O)CCSc1cc(C(=O)OC)ccc1N=O. The molecule has 0 aliphatic rings. The van der Waals surface area contributed by atoms with Crippen LogP contribution in [0, 0.1) is 10.8 Å². The molecule has 144 valence electrons. The molecule has 0 radical (unpaired) electrons. The number of hydrogen-bond donors (Lipinski definition) is 0. The Balaban J connectivity index is 2.50. The Morgan fingerprint density at radius 1 is 1.27 bits per heavy atom. The number of nitrogens with zero attached hydrogens (tertiary/aromatic N) is 1. The van der Waals surface area contributed by atoms with E-state index in [9.17, 15) is 14.5 Å². The first-order valence-electron chi connectivity index (χ1n) is 8.89. The summed E-state index contributed by atoms with van der Waals surface area (Å²) >= 11 is 1.29. The number of carbonyl (C=O) groups is 2. The normalized spacial score (nSPS) is 11.7. The Hall–Kier alpha value is -1.89.